The molecular weight excluding hydrogens is 911 g/mol. The largest absolute Gasteiger partial charge is 2.00 e. The van der Waals surface area contributed by atoms with E-state index < -0.39 is 138 Å². The van der Waals surface area contributed by atoms with Gasteiger partial charge in [0.15, 0.2) is 0 Å². The minimum atomic E-state index is -1.91. The van der Waals surface area contributed by atoms with Crippen LogP contribution in [0, 0.1) is 22.2 Å². The molecule has 0 saturated carbocycles. The molecule has 1 radical (unpaired) electrons. The molecule has 0 aromatic rings. The Balaban J connectivity index is 0.00000817. The average molecular weight is 957 g/mol. The molecule has 357 valence electrons. The number of carboxylic acids is 7. The summed E-state index contributed by atoms with van der Waals surface area (Å²) in [7, 11) is 0. The van der Waals surface area contributed by atoms with Crippen molar-refractivity contribution in [1.29, 1.82) is 0 Å². The van der Waals surface area contributed by atoms with Gasteiger partial charge in [0.05, 0.1) is 12.1 Å². The van der Waals surface area contributed by atoms with Crippen molar-refractivity contribution < 1.29 is 95.6 Å². The molecule has 7 atom stereocenters. The minimum Gasteiger partial charge on any atom is -0.675 e. The first-order valence-electron chi connectivity index (χ1n) is 21.1. The van der Waals surface area contributed by atoms with Crippen LogP contribution in [0.5, 0.6) is 0 Å². The van der Waals surface area contributed by atoms with E-state index in [-0.39, 0.29) is 105 Å². The van der Waals surface area contributed by atoms with Gasteiger partial charge in [0, 0.05) is 82.8 Å². The predicted molar refractivity (Wildman–Crippen MR) is 208 cm³/mol. The van der Waals surface area contributed by atoms with Crippen molar-refractivity contribution in [2.45, 2.75) is 135 Å². The number of carbonyl (C=O) groups excluding carboxylic acids is 8. The summed E-state index contributed by atoms with van der Waals surface area (Å²) in [5.41, 5.74) is -8.37. The first-order valence-corrected chi connectivity index (χ1v) is 21.1. The average Bonchev–Trinajstić information content (AvgIpc) is 3.76. The van der Waals surface area contributed by atoms with Crippen LogP contribution < -0.4 is 35.7 Å². The molecule has 0 N–H and O–H groups in total. The van der Waals surface area contributed by atoms with Crippen LogP contribution in [0.4, 0.5) is 0 Å². The summed E-state index contributed by atoms with van der Waals surface area (Å²) in [5, 5.41) is 96.1. The summed E-state index contributed by atoms with van der Waals surface area (Å²) in [5.74, 6) is -12.7. The molecular formula is C45H45CoN4O16-7. The number of fused-ring (bicyclic) bond motifs is 5. The van der Waals surface area contributed by atoms with Gasteiger partial charge in [-0.05, 0) is 75.7 Å². The fourth-order valence-corrected chi connectivity index (χ4v) is 11.1. The molecule has 6 aliphatic heterocycles. The van der Waals surface area contributed by atoms with Gasteiger partial charge in [-0.25, -0.2) is 0 Å². The third-order valence-corrected chi connectivity index (χ3v) is 14.2. The molecule has 20 nitrogen and oxygen atoms in total. The second-order valence-electron chi connectivity index (χ2n) is 18.4. The van der Waals surface area contributed by atoms with Crippen molar-refractivity contribution >= 4 is 59.2 Å². The SMILES string of the molecule is CC1OC(=O)C[C@@]2(C)[C@H](CCC(=O)[O-])C3=NC12C1=C(CC(=O)[O-])[C@@](C)(CCC(=O)[O-])C(=N1)C=C1[N-][C@@](C)(CC2=C(CCC(=O)[O-])[C@](C)(CC(=O)[O-])C(=C3)[N-]2)C(CC(=O)[O-])=C1CCC(=O)[O-].[Co+2]. The van der Waals surface area contributed by atoms with Gasteiger partial charge in [0.1, 0.15) is 11.6 Å². The van der Waals surface area contributed by atoms with E-state index in [4.69, 9.17) is 25.4 Å². The summed E-state index contributed by atoms with van der Waals surface area (Å²) in [6.45, 7) is 7.55. The molecule has 6 aliphatic rings. The third-order valence-electron chi connectivity index (χ3n) is 14.2. The van der Waals surface area contributed by atoms with Crippen molar-refractivity contribution in [2.75, 3.05) is 0 Å². The fourth-order valence-electron chi connectivity index (χ4n) is 11.1. The molecule has 2 unspecified atom stereocenters. The molecule has 0 aromatic heterocycles. The maximum atomic E-state index is 13.6. The number of aliphatic imine (C=N–C) groups is 2. The molecule has 66 heavy (non-hydrogen) atoms. The van der Waals surface area contributed by atoms with Crippen molar-refractivity contribution in [3.63, 3.8) is 0 Å². The number of aliphatic carboxylic acids is 7. The van der Waals surface area contributed by atoms with E-state index in [1.165, 1.54) is 39.8 Å². The van der Waals surface area contributed by atoms with Crippen molar-refractivity contribution in [2.24, 2.45) is 32.1 Å². The molecule has 0 aromatic carbocycles. The van der Waals surface area contributed by atoms with Crippen LogP contribution in [-0.4, -0.2) is 76.4 Å². The van der Waals surface area contributed by atoms with Gasteiger partial charge < -0.3 is 84.7 Å². The molecule has 1 fully saturated rings. The molecule has 21 heteroatoms. The summed E-state index contributed by atoms with van der Waals surface area (Å²) >= 11 is 0. The molecule has 1 spiro atoms. The standard InChI is InChI=1S/C45H54N4O16.Co/c1-21-45-40-26(15-37(60)61)41(2,13-12-35(56)57)30(47-40)16-27-22(6-9-32(50)51)25(14-36(58)59)44(5,48-27)18-29-23(7-10-33(52)53)42(3,19-38(62)63)31(46-29)17-28(49-45)24(8-11-34(54)55)43(45,4)20-39(64)65-21;/h16-17,21,24H,6-15,18-20H2,1-5H3,(H9,46,47,48,49,50,51,52,53,54,55,56,57,58,59,60,61,62,63);/q;+2/p-9/t21?,24-,41-,42+,43+,44+,45?;/m1./s1. The van der Waals surface area contributed by atoms with E-state index in [0.717, 1.165) is 0 Å². The number of nitrogens with zero attached hydrogens (tertiary/aromatic N) is 4. The molecule has 1 saturated heterocycles. The normalized spacial score (nSPS) is 30.8. The summed E-state index contributed by atoms with van der Waals surface area (Å²) in [6, 6.07) is 0. The third kappa shape index (κ3) is 8.93. The second-order valence-corrected chi connectivity index (χ2v) is 18.4. The molecule has 0 aliphatic carbocycles. The zero-order valence-electron chi connectivity index (χ0n) is 36.7. The number of cyclic esters (lactones) is 1. The Hall–Kier alpha value is -6.09. The maximum Gasteiger partial charge on any atom is 2.00 e. The van der Waals surface area contributed by atoms with Crippen molar-refractivity contribution in [3.05, 3.63) is 67.9 Å². The van der Waals surface area contributed by atoms with Gasteiger partial charge in [0.2, 0.25) is 0 Å². The van der Waals surface area contributed by atoms with E-state index in [0.29, 0.717) is 0 Å². The predicted octanol–water partition coefficient (Wildman–Crippen LogP) is -3.35. The van der Waals surface area contributed by atoms with Crippen molar-refractivity contribution in [1.82, 2.24) is 0 Å². The monoisotopic (exact) mass is 956 g/mol. The smallest absolute Gasteiger partial charge is 0.675 e. The number of hydrogen-bond acceptors (Lipinski definition) is 18. The fraction of sp³-hybridized carbons (Fsp3) is 0.556. The van der Waals surface area contributed by atoms with E-state index in [1.54, 1.807) is 6.92 Å². The van der Waals surface area contributed by atoms with Crippen LogP contribution >= 0.6 is 0 Å². The van der Waals surface area contributed by atoms with Crippen LogP contribution in [0.2, 0.25) is 0 Å². The number of ether oxygens (including phenoxy) is 1. The van der Waals surface area contributed by atoms with Gasteiger partial charge in [0.25, 0.3) is 0 Å². The molecule has 0 amide bonds. The van der Waals surface area contributed by atoms with E-state index in [1.807, 2.05) is 0 Å². The maximum absolute atomic E-state index is 13.6. The Bertz CT molecular complexity index is 2430. The first kappa shape index (κ1) is 50.9. The Labute approximate surface area is 388 Å². The van der Waals surface area contributed by atoms with Crippen LogP contribution in [0.25, 0.3) is 10.6 Å². The van der Waals surface area contributed by atoms with E-state index in [2.05, 4.69) is 0 Å². The summed E-state index contributed by atoms with van der Waals surface area (Å²) in [6.07, 6.45) is -5.76. The summed E-state index contributed by atoms with van der Waals surface area (Å²) < 4.78 is 5.88. The Morgan fingerprint density at radius 1 is 0.727 bits per heavy atom. The zero-order chi connectivity index (χ0) is 48.2. The first-order chi connectivity index (χ1) is 30.2. The van der Waals surface area contributed by atoms with Gasteiger partial charge in [-0.2, -0.15) is 5.70 Å². The van der Waals surface area contributed by atoms with Gasteiger partial charge >= 0.3 is 22.7 Å². The van der Waals surface area contributed by atoms with Gasteiger partial charge in [-0.1, -0.05) is 68.5 Å². The van der Waals surface area contributed by atoms with Crippen LogP contribution in [0.1, 0.15) is 118 Å². The Morgan fingerprint density at radius 3 is 1.89 bits per heavy atom. The number of hydrogen-bond donors (Lipinski definition) is 0. The Morgan fingerprint density at radius 2 is 1.32 bits per heavy atom. The topological polar surface area (TPSA) is 360 Å². The van der Waals surface area contributed by atoms with E-state index in [9.17, 15) is 74.1 Å². The quantitative estimate of drug-likeness (QED) is 0.121. The minimum absolute atomic E-state index is 0. The van der Waals surface area contributed by atoms with Crippen LogP contribution in [0.3, 0.4) is 0 Å². The van der Waals surface area contributed by atoms with Crippen molar-refractivity contribution in [3.8, 4) is 0 Å². The van der Waals surface area contributed by atoms with E-state index >= 15 is 0 Å². The van der Waals surface area contributed by atoms with Crippen LogP contribution in [0.15, 0.2) is 67.2 Å². The number of carbonyl (C=O) groups is 8. The molecule has 6 heterocycles. The zero-order valence-corrected chi connectivity index (χ0v) is 37.7. The second kappa shape index (κ2) is 18.3. The Kier molecular flexibility index (Phi) is 14.1. The van der Waals surface area contributed by atoms with Crippen LogP contribution in [-0.2, 0) is 59.9 Å². The number of carboxylic acid groups (broad SMARTS) is 7. The van der Waals surface area contributed by atoms with Gasteiger partial charge in [-0.3, -0.25) is 14.8 Å². The molecule has 8 bridgehead atoms. The summed E-state index contributed by atoms with van der Waals surface area (Å²) in [4.78, 5) is 110. The molecule has 6 rings (SSSR count). The number of rotatable bonds is 18. The van der Waals surface area contributed by atoms with Gasteiger partial charge in [-0.15, -0.1) is 11.4 Å². The number of allylic oxidation sites excluding steroid dienone is 4. The number of esters is 1.